The number of aromatic nitrogens is 1. The van der Waals surface area contributed by atoms with E-state index >= 15 is 0 Å². The van der Waals surface area contributed by atoms with Crippen LogP contribution in [-0.4, -0.2) is 17.1 Å². The van der Waals surface area contributed by atoms with Crippen LogP contribution >= 0.6 is 0 Å². The summed E-state index contributed by atoms with van der Waals surface area (Å²) in [7, 11) is 0. The number of ether oxygens (including phenoxy) is 1. The normalized spacial score (nSPS) is 12.7. The van der Waals surface area contributed by atoms with Crippen molar-refractivity contribution in [3.05, 3.63) is 53.4 Å². The molecule has 1 aromatic heterocycles. The SMILES string of the molecule is CC[C@H](/C=C(/C)CCC=C(C)C)OC(=O)c1ccccn1. The van der Waals surface area contributed by atoms with Gasteiger partial charge in [-0.15, -0.1) is 0 Å². The smallest absolute Gasteiger partial charge is 0.357 e. The van der Waals surface area contributed by atoms with Crippen LogP contribution in [0.2, 0.25) is 0 Å². The molecule has 0 bridgehead atoms. The first-order chi connectivity index (χ1) is 10.0. The Bertz CT molecular complexity index is 499. The van der Waals surface area contributed by atoms with Gasteiger partial charge in [0.1, 0.15) is 11.8 Å². The van der Waals surface area contributed by atoms with Gasteiger partial charge in [-0.3, -0.25) is 0 Å². The lowest BCUT2D eigenvalue weighted by Gasteiger charge is -2.13. The Morgan fingerprint density at radius 3 is 2.67 bits per heavy atom. The highest BCUT2D eigenvalue weighted by Gasteiger charge is 2.13. The van der Waals surface area contributed by atoms with Crippen LogP contribution in [0, 0.1) is 0 Å². The molecule has 0 unspecified atom stereocenters. The zero-order valence-corrected chi connectivity index (χ0v) is 13.4. The monoisotopic (exact) mass is 287 g/mol. The Morgan fingerprint density at radius 1 is 1.33 bits per heavy atom. The predicted octanol–water partition coefficient (Wildman–Crippen LogP) is 4.71. The fourth-order valence-corrected chi connectivity index (χ4v) is 1.91. The van der Waals surface area contributed by atoms with Crippen molar-refractivity contribution in [1.82, 2.24) is 4.98 Å². The molecule has 1 atom stereocenters. The van der Waals surface area contributed by atoms with Crippen LogP contribution in [0.25, 0.3) is 0 Å². The molecule has 0 spiro atoms. The molecular weight excluding hydrogens is 262 g/mol. The van der Waals surface area contributed by atoms with Crippen molar-refractivity contribution in [2.24, 2.45) is 0 Å². The van der Waals surface area contributed by atoms with Crippen molar-refractivity contribution in [2.45, 2.75) is 53.1 Å². The lowest BCUT2D eigenvalue weighted by Crippen LogP contribution is -2.16. The highest BCUT2D eigenvalue weighted by atomic mass is 16.5. The molecule has 0 aliphatic rings. The minimum absolute atomic E-state index is 0.189. The molecule has 0 saturated carbocycles. The summed E-state index contributed by atoms with van der Waals surface area (Å²) in [6.07, 6.45) is 8.44. The summed E-state index contributed by atoms with van der Waals surface area (Å²) < 4.78 is 5.49. The number of nitrogens with zero attached hydrogens (tertiary/aromatic N) is 1. The number of allylic oxidation sites excluding steroid dienone is 3. The number of hydrogen-bond donors (Lipinski definition) is 0. The molecule has 0 aliphatic carbocycles. The van der Waals surface area contributed by atoms with Crippen molar-refractivity contribution < 1.29 is 9.53 Å². The molecule has 21 heavy (non-hydrogen) atoms. The van der Waals surface area contributed by atoms with Gasteiger partial charge in [-0.2, -0.15) is 0 Å². The van der Waals surface area contributed by atoms with Gasteiger partial charge in [-0.1, -0.05) is 30.2 Å². The molecule has 0 N–H and O–H groups in total. The molecule has 0 radical (unpaired) electrons. The van der Waals surface area contributed by atoms with Crippen molar-refractivity contribution in [1.29, 1.82) is 0 Å². The maximum atomic E-state index is 12.0. The van der Waals surface area contributed by atoms with Gasteiger partial charge >= 0.3 is 5.97 Å². The van der Waals surface area contributed by atoms with E-state index < -0.39 is 0 Å². The van der Waals surface area contributed by atoms with E-state index in [-0.39, 0.29) is 12.1 Å². The molecule has 3 nitrogen and oxygen atoms in total. The molecule has 0 aromatic carbocycles. The van der Waals surface area contributed by atoms with Crippen LogP contribution in [0.4, 0.5) is 0 Å². The number of esters is 1. The first-order valence-electron chi connectivity index (χ1n) is 7.45. The molecule has 1 heterocycles. The van der Waals surface area contributed by atoms with Gasteiger partial charge in [0.25, 0.3) is 0 Å². The first-order valence-corrected chi connectivity index (χ1v) is 7.45. The Morgan fingerprint density at radius 2 is 2.10 bits per heavy atom. The van der Waals surface area contributed by atoms with Gasteiger partial charge in [-0.05, 0) is 58.2 Å². The maximum absolute atomic E-state index is 12.0. The van der Waals surface area contributed by atoms with Gasteiger partial charge in [0.05, 0.1) is 0 Å². The quantitative estimate of drug-likeness (QED) is 0.538. The summed E-state index contributed by atoms with van der Waals surface area (Å²) in [5.41, 5.74) is 2.93. The fraction of sp³-hybridized carbons (Fsp3) is 0.444. The second-order valence-corrected chi connectivity index (χ2v) is 5.40. The zero-order chi connectivity index (χ0) is 15.7. The minimum Gasteiger partial charge on any atom is -0.453 e. The lowest BCUT2D eigenvalue weighted by molar-refractivity contribution is 0.0380. The third-order valence-electron chi connectivity index (χ3n) is 3.10. The number of carbonyl (C=O) groups excluding carboxylic acids is 1. The fourth-order valence-electron chi connectivity index (χ4n) is 1.91. The molecule has 3 heteroatoms. The molecule has 0 amide bonds. The second kappa shape index (κ2) is 9.11. The Balaban J connectivity index is 2.58. The van der Waals surface area contributed by atoms with Crippen LogP contribution < -0.4 is 0 Å². The van der Waals surface area contributed by atoms with Crippen LogP contribution in [-0.2, 0) is 4.74 Å². The molecule has 0 fully saturated rings. The number of rotatable bonds is 7. The van der Waals surface area contributed by atoms with Crippen molar-refractivity contribution in [2.75, 3.05) is 0 Å². The summed E-state index contributed by atoms with van der Waals surface area (Å²) in [4.78, 5) is 16.0. The van der Waals surface area contributed by atoms with Gasteiger partial charge < -0.3 is 4.74 Å². The van der Waals surface area contributed by atoms with Crippen LogP contribution in [0.3, 0.4) is 0 Å². The molecule has 114 valence electrons. The number of hydrogen-bond acceptors (Lipinski definition) is 3. The highest BCUT2D eigenvalue weighted by molar-refractivity contribution is 5.87. The van der Waals surface area contributed by atoms with Gasteiger partial charge in [0.15, 0.2) is 0 Å². The molecule has 1 aromatic rings. The van der Waals surface area contributed by atoms with Gasteiger partial charge in [-0.25, -0.2) is 9.78 Å². The van der Waals surface area contributed by atoms with E-state index in [1.54, 1.807) is 24.4 Å². The van der Waals surface area contributed by atoms with E-state index in [1.807, 2.05) is 13.0 Å². The summed E-state index contributed by atoms with van der Waals surface area (Å²) in [6, 6.07) is 5.23. The van der Waals surface area contributed by atoms with Gasteiger partial charge in [0.2, 0.25) is 0 Å². The molecule has 0 aliphatic heterocycles. The molecular formula is C18H25NO2. The summed E-state index contributed by atoms with van der Waals surface area (Å²) in [5, 5.41) is 0. The highest BCUT2D eigenvalue weighted by Crippen LogP contribution is 2.12. The van der Waals surface area contributed by atoms with Crippen molar-refractivity contribution >= 4 is 5.97 Å². The number of pyridine rings is 1. The Kier molecular flexibility index (Phi) is 7.44. The Hall–Kier alpha value is -1.90. The minimum atomic E-state index is -0.365. The average Bonchev–Trinajstić information content (AvgIpc) is 2.47. The van der Waals surface area contributed by atoms with E-state index in [1.165, 1.54) is 11.1 Å². The maximum Gasteiger partial charge on any atom is 0.357 e. The van der Waals surface area contributed by atoms with E-state index in [0.29, 0.717) is 5.69 Å². The molecule has 0 saturated heterocycles. The van der Waals surface area contributed by atoms with E-state index in [9.17, 15) is 4.79 Å². The summed E-state index contributed by atoms with van der Waals surface area (Å²) in [6.45, 7) is 8.29. The summed E-state index contributed by atoms with van der Waals surface area (Å²) >= 11 is 0. The largest absolute Gasteiger partial charge is 0.453 e. The van der Waals surface area contributed by atoms with E-state index in [4.69, 9.17) is 4.74 Å². The first kappa shape index (κ1) is 17.2. The topological polar surface area (TPSA) is 39.2 Å². The van der Waals surface area contributed by atoms with Crippen LogP contribution in [0.1, 0.15) is 57.4 Å². The van der Waals surface area contributed by atoms with Crippen molar-refractivity contribution in [3.63, 3.8) is 0 Å². The predicted molar refractivity (Wildman–Crippen MR) is 86.2 cm³/mol. The van der Waals surface area contributed by atoms with Crippen LogP contribution in [0.15, 0.2) is 47.7 Å². The van der Waals surface area contributed by atoms with E-state index in [0.717, 1.165) is 19.3 Å². The Labute approximate surface area is 127 Å². The molecule has 1 rings (SSSR count). The standard InChI is InChI=1S/C18H25NO2/c1-5-16(13-15(4)10-8-9-14(2)3)21-18(20)17-11-6-7-12-19-17/h6-7,9,11-13,16H,5,8,10H2,1-4H3/b15-13-/t16-/m1/s1. The lowest BCUT2D eigenvalue weighted by atomic mass is 10.1. The zero-order valence-electron chi connectivity index (χ0n) is 13.4. The third kappa shape index (κ3) is 6.89. The van der Waals surface area contributed by atoms with Gasteiger partial charge in [0, 0.05) is 6.20 Å². The average molecular weight is 287 g/mol. The summed E-state index contributed by atoms with van der Waals surface area (Å²) in [5.74, 6) is -0.365. The number of carbonyl (C=O) groups is 1. The second-order valence-electron chi connectivity index (χ2n) is 5.40. The van der Waals surface area contributed by atoms with Crippen LogP contribution in [0.5, 0.6) is 0 Å². The van der Waals surface area contributed by atoms with Crippen molar-refractivity contribution in [3.8, 4) is 0 Å². The van der Waals surface area contributed by atoms with E-state index in [2.05, 4.69) is 31.8 Å². The third-order valence-corrected chi connectivity index (χ3v) is 3.10.